The Hall–Kier alpha value is -4.24. The molecule has 172 valence electrons. The normalized spacial score (nSPS) is 15.3. The third kappa shape index (κ3) is 4.89. The summed E-state index contributed by atoms with van der Waals surface area (Å²) in [6, 6.07) is 23.3. The van der Waals surface area contributed by atoms with Crippen LogP contribution in [0, 0.1) is 0 Å². The smallest absolute Gasteiger partial charge is 0.269 e. The van der Waals surface area contributed by atoms with E-state index in [0.717, 1.165) is 0 Å². The van der Waals surface area contributed by atoms with E-state index in [4.69, 9.17) is 17.0 Å². The fourth-order valence-electron chi connectivity index (χ4n) is 3.57. The number of hydrogen-bond acceptors (Lipinski definition) is 5. The summed E-state index contributed by atoms with van der Waals surface area (Å²) >= 11 is 5.55. The van der Waals surface area contributed by atoms with Crippen molar-refractivity contribution in [1.82, 2.24) is 10.4 Å². The van der Waals surface area contributed by atoms with Crippen molar-refractivity contribution in [3.63, 3.8) is 0 Å². The molecule has 3 aromatic carbocycles. The number of methoxy groups -OCH3 is 1. The molecule has 2 N–H and O–H groups in total. The maximum atomic E-state index is 13.4. The van der Waals surface area contributed by atoms with Gasteiger partial charge < -0.3 is 10.1 Å². The number of hydrogen-bond donors (Lipinski definition) is 2. The first-order valence-corrected chi connectivity index (χ1v) is 10.9. The highest BCUT2D eigenvalue weighted by Gasteiger charge is 2.45. The minimum absolute atomic E-state index is 0.0830. The van der Waals surface area contributed by atoms with Crippen LogP contribution in [0.5, 0.6) is 5.75 Å². The molecular weight excluding hydrogens is 452 g/mol. The van der Waals surface area contributed by atoms with Gasteiger partial charge in [0.25, 0.3) is 11.8 Å². The summed E-state index contributed by atoms with van der Waals surface area (Å²) in [4.78, 5) is 40.4. The summed E-state index contributed by atoms with van der Waals surface area (Å²) in [5.41, 5.74) is 4.18. The Morgan fingerprint density at radius 2 is 1.65 bits per heavy atom. The van der Waals surface area contributed by atoms with Gasteiger partial charge in [0.1, 0.15) is 11.8 Å². The number of rotatable bonds is 7. The first-order valence-electron chi connectivity index (χ1n) is 10.5. The van der Waals surface area contributed by atoms with Crippen molar-refractivity contribution in [3.8, 4) is 5.75 Å². The maximum absolute atomic E-state index is 13.4. The number of amides is 3. The van der Waals surface area contributed by atoms with Gasteiger partial charge >= 0.3 is 0 Å². The Bertz CT molecular complexity index is 1220. The zero-order valence-electron chi connectivity index (χ0n) is 18.3. The van der Waals surface area contributed by atoms with Crippen molar-refractivity contribution in [2.24, 2.45) is 0 Å². The predicted molar refractivity (Wildman–Crippen MR) is 132 cm³/mol. The maximum Gasteiger partial charge on any atom is 0.269 e. The topological polar surface area (TPSA) is 91.0 Å². The molecule has 3 amide bonds. The average molecular weight is 475 g/mol. The number of anilines is 2. The highest BCUT2D eigenvalue weighted by Crippen LogP contribution is 2.26. The molecule has 9 heteroatoms. The lowest BCUT2D eigenvalue weighted by molar-refractivity contribution is -0.124. The van der Waals surface area contributed by atoms with Gasteiger partial charge in [0.05, 0.1) is 19.2 Å². The van der Waals surface area contributed by atoms with E-state index in [1.807, 2.05) is 6.07 Å². The van der Waals surface area contributed by atoms with Gasteiger partial charge in [-0.3, -0.25) is 24.7 Å². The second-order valence-electron chi connectivity index (χ2n) is 7.47. The standard InChI is InChI=1S/C25H22N4O4S/c1-33-20-14-8-11-18(15-20)26-22(30)16-21-24(32)28(19-12-6-3-7-13-19)25(34)29(21)27-23(31)17-9-4-2-5-10-17/h2-15,21H,16H2,1H3,(H,26,30)(H,27,31)/t21-/m0/s1. The fraction of sp³-hybridized carbons (Fsp3) is 0.120. The molecule has 1 heterocycles. The Balaban J connectivity index is 1.58. The predicted octanol–water partition coefficient (Wildman–Crippen LogP) is 3.37. The van der Waals surface area contributed by atoms with Crippen LogP contribution in [-0.4, -0.2) is 41.0 Å². The highest BCUT2D eigenvalue weighted by atomic mass is 32.1. The molecule has 4 rings (SSSR count). The molecular formula is C25H22N4O4S. The second kappa shape index (κ2) is 10.1. The largest absolute Gasteiger partial charge is 0.497 e. The number of carbonyl (C=O) groups is 3. The first kappa shape index (κ1) is 22.9. The van der Waals surface area contributed by atoms with Crippen LogP contribution in [0.1, 0.15) is 16.8 Å². The quantitative estimate of drug-likeness (QED) is 0.511. The summed E-state index contributed by atoms with van der Waals surface area (Å²) in [6.45, 7) is 0. The summed E-state index contributed by atoms with van der Waals surface area (Å²) < 4.78 is 5.18. The van der Waals surface area contributed by atoms with Crippen LogP contribution in [0.4, 0.5) is 11.4 Å². The van der Waals surface area contributed by atoms with Gasteiger partial charge in [-0.1, -0.05) is 42.5 Å². The van der Waals surface area contributed by atoms with Gasteiger partial charge in [-0.05, 0) is 48.6 Å². The third-order valence-electron chi connectivity index (χ3n) is 5.22. The van der Waals surface area contributed by atoms with E-state index in [2.05, 4.69) is 10.7 Å². The summed E-state index contributed by atoms with van der Waals surface area (Å²) in [5.74, 6) is -0.680. The molecule has 1 saturated heterocycles. The molecule has 34 heavy (non-hydrogen) atoms. The molecule has 0 radical (unpaired) electrons. The number of benzene rings is 3. The van der Waals surface area contributed by atoms with Gasteiger partial charge in [0.15, 0.2) is 0 Å². The molecule has 0 aliphatic carbocycles. The number of hydrazine groups is 1. The lowest BCUT2D eigenvalue weighted by atomic mass is 10.1. The van der Waals surface area contributed by atoms with E-state index in [1.165, 1.54) is 17.0 Å². The average Bonchev–Trinajstić information content (AvgIpc) is 3.09. The van der Waals surface area contributed by atoms with Gasteiger partial charge in [0.2, 0.25) is 11.0 Å². The van der Waals surface area contributed by atoms with Crippen LogP contribution in [0.25, 0.3) is 0 Å². The van der Waals surface area contributed by atoms with E-state index in [-0.39, 0.29) is 11.5 Å². The van der Waals surface area contributed by atoms with Gasteiger partial charge in [0, 0.05) is 17.3 Å². The number of carbonyl (C=O) groups excluding carboxylic acids is 3. The van der Waals surface area contributed by atoms with Crippen LogP contribution in [-0.2, 0) is 9.59 Å². The Kier molecular flexibility index (Phi) is 6.84. The number of nitrogens with zero attached hydrogens (tertiary/aromatic N) is 2. The van der Waals surface area contributed by atoms with E-state index in [1.54, 1.807) is 78.9 Å². The SMILES string of the molecule is COc1cccc(NC(=O)C[C@H]2C(=O)N(c3ccccc3)C(=S)N2NC(=O)c2ccccc2)c1. The van der Waals surface area contributed by atoms with Crippen molar-refractivity contribution in [2.45, 2.75) is 12.5 Å². The van der Waals surface area contributed by atoms with E-state index >= 15 is 0 Å². The van der Waals surface area contributed by atoms with Crippen LogP contribution >= 0.6 is 12.2 Å². The molecule has 3 aromatic rings. The first-order chi connectivity index (χ1) is 16.5. The van der Waals surface area contributed by atoms with Crippen molar-refractivity contribution in [1.29, 1.82) is 0 Å². The molecule has 0 spiro atoms. The Labute approximate surface area is 202 Å². The number of para-hydroxylation sites is 1. The molecule has 0 saturated carbocycles. The van der Waals surface area contributed by atoms with Crippen molar-refractivity contribution in [2.75, 3.05) is 17.3 Å². The van der Waals surface area contributed by atoms with Crippen LogP contribution in [0.15, 0.2) is 84.9 Å². The molecule has 0 unspecified atom stereocenters. The summed E-state index contributed by atoms with van der Waals surface area (Å²) in [6.07, 6.45) is -0.228. The number of nitrogens with one attached hydrogen (secondary N) is 2. The second-order valence-corrected chi connectivity index (χ2v) is 7.83. The molecule has 8 nitrogen and oxygen atoms in total. The molecule has 1 aliphatic heterocycles. The van der Waals surface area contributed by atoms with Crippen molar-refractivity contribution >= 4 is 46.4 Å². The molecule has 1 aliphatic rings. The molecule has 0 bridgehead atoms. The minimum Gasteiger partial charge on any atom is -0.497 e. The van der Waals surface area contributed by atoms with E-state index in [0.29, 0.717) is 22.7 Å². The van der Waals surface area contributed by atoms with Crippen LogP contribution < -0.4 is 20.4 Å². The van der Waals surface area contributed by atoms with Crippen LogP contribution in [0.2, 0.25) is 0 Å². The van der Waals surface area contributed by atoms with E-state index < -0.39 is 23.8 Å². The molecule has 0 aromatic heterocycles. The minimum atomic E-state index is -1.02. The Morgan fingerprint density at radius 1 is 0.971 bits per heavy atom. The summed E-state index contributed by atoms with van der Waals surface area (Å²) in [5, 5.41) is 4.13. The number of thiocarbonyl (C=S) groups is 1. The van der Waals surface area contributed by atoms with Gasteiger partial charge in [-0.15, -0.1) is 0 Å². The monoisotopic (exact) mass is 474 g/mol. The van der Waals surface area contributed by atoms with E-state index in [9.17, 15) is 14.4 Å². The highest BCUT2D eigenvalue weighted by molar-refractivity contribution is 7.80. The Morgan fingerprint density at radius 3 is 2.32 bits per heavy atom. The molecule has 1 fully saturated rings. The van der Waals surface area contributed by atoms with Crippen molar-refractivity contribution < 1.29 is 19.1 Å². The van der Waals surface area contributed by atoms with Gasteiger partial charge in [-0.25, -0.2) is 5.01 Å². The fourth-order valence-corrected chi connectivity index (χ4v) is 3.93. The van der Waals surface area contributed by atoms with Gasteiger partial charge in [-0.2, -0.15) is 0 Å². The van der Waals surface area contributed by atoms with Crippen molar-refractivity contribution in [3.05, 3.63) is 90.5 Å². The van der Waals surface area contributed by atoms with Crippen LogP contribution in [0.3, 0.4) is 0 Å². The summed E-state index contributed by atoms with van der Waals surface area (Å²) in [7, 11) is 1.53. The lowest BCUT2D eigenvalue weighted by Crippen LogP contribution is -2.49. The zero-order valence-corrected chi connectivity index (χ0v) is 19.1. The third-order valence-corrected chi connectivity index (χ3v) is 5.60. The lowest BCUT2D eigenvalue weighted by Gasteiger charge is -2.24. The number of ether oxygens (including phenoxy) is 1. The zero-order chi connectivity index (χ0) is 24.1. The molecule has 1 atom stereocenters.